The van der Waals surface area contributed by atoms with Gasteiger partial charge in [-0.05, 0) is 18.1 Å². The van der Waals surface area contributed by atoms with Crippen molar-refractivity contribution in [3.05, 3.63) is 24.1 Å². The SMILES string of the molecule is CC(C)CNC(=O)Cn1nnc(C(=O)O)c1-c1ccco1. The van der Waals surface area contributed by atoms with E-state index in [4.69, 9.17) is 9.52 Å². The number of rotatable bonds is 6. The summed E-state index contributed by atoms with van der Waals surface area (Å²) in [6, 6.07) is 3.21. The summed E-state index contributed by atoms with van der Waals surface area (Å²) in [5.41, 5.74) is -0.0752. The van der Waals surface area contributed by atoms with Crippen LogP contribution in [0.3, 0.4) is 0 Å². The third-order valence-electron chi connectivity index (χ3n) is 2.69. The minimum absolute atomic E-state index is 0.122. The number of hydrogen-bond donors (Lipinski definition) is 2. The largest absolute Gasteiger partial charge is 0.476 e. The summed E-state index contributed by atoms with van der Waals surface area (Å²) < 4.78 is 6.41. The van der Waals surface area contributed by atoms with Gasteiger partial charge in [0, 0.05) is 6.54 Å². The number of aromatic carboxylic acids is 1. The van der Waals surface area contributed by atoms with Gasteiger partial charge in [0.1, 0.15) is 12.2 Å². The van der Waals surface area contributed by atoms with Crippen molar-refractivity contribution in [1.29, 1.82) is 0 Å². The minimum Gasteiger partial charge on any atom is -0.476 e. The van der Waals surface area contributed by atoms with Crippen molar-refractivity contribution in [2.45, 2.75) is 20.4 Å². The van der Waals surface area contributed by atoms with Crippen LogP contribution in [0, 0.1) is 5.92 Å². The van der Waals surface area contributed by atoms with Crippen LogP contribution in [0.2, 0.25) is 0 Å². The van der Waals surface area contributed by atoms with Crippen LogP contribution in [-0.2, 0) is 11.3 Å². The third-order valence-corrected chi connectivity index (χ3v) is 2.69. The quantitative estimate of drug-likeness (QED) is 0.822. The number of nitrogens with zero attached hydrogens (tertiary/aromatic N) is 3. The molecule has 8 nitrogen and oxygen atoms in total. The van der Waals surface area contributed by atoms with E-state index in [2.05, 4.69) is 15.6 Å². The summed E-state index contributed by atoms with van der Waals surface area (Å²) in [4.78, 5) is 23.0. The maximum absolute atomic E-state index is 11.8. The first-order valence-electron chi connectivity index (χ1n) is 6.46. The van der Waals surface area contributed by atoms with Crippen LogP contribution in [0.1, 0.15) is 24.3 Å². The highest BCUT2D eigenvalue weighted by Crippen LogP contribution is 2.22. The normalized spacial score (nSPS) is 10.8. The van der Waals surface area contributed by atoms with Crippen molar-refractivity contribution in [1.82, 2.24) is 20.3 Å². The molecule has 1 amide bonds. The third kappa shape index (κ3) is 3.47. The van der Waals surface area contributed by atoms with E-state index in [1.807, 2.05) is 13.8 Å². The monoisotopic (exact) mass is 292 g/mol. The molecule has 2 heterocycles. The Morgan fingerprint density at radius 3 is 2.81 bits per heavy atom. The molecule has 0 unspecified atom stereocenters. The summed E-state index contributed by atoms with van der Waals surface area (Å²) in [6.45, 7) is 4.37. The van der Waals surface area contributed by atoms with Gasteiger partial charge in [0.05, 0.1) is 6.26 Å². The Hall–Kier alpha value is -2.64. The molecule has 0 atom stereocenters. The lowest BCUT2D eigenvalue weighted by Gasteiger charge is -2.08. The molecule has 0 bridgehead atoms. The maximum atomic E-state index is 11.8. The fourth-order valence-corrected chi connectivity index (χ4v) is 1.73. The molecule has 0 spiro atoms. The number of carboxylic acids is 1. The fraction of sp³-hybridized carbons (Fsp3) is 0.385. The second-order valence-corrected chi connectivity index (χ2v) is 4.92. The molecular weight excluding hydrogens is 276 g/mol. The molecule has 0 radical (unpaired) electrons. The smallest absolute Gasteiger partial charge is 0.358 e. The molecule has 0 aliphatic rings. The van der Waals surface area contributed by atoms with Crippen LogP contribution >= 0.6 is 0 Å². The Morgan fingerprint density at radius 2 is 2.24 bits per heavy atom. The molecule has 0 aliphatic heterocycles. The Kier molecular flexibility index (Phi) is 4.36. The predicted octanol–water partition coefficient (Wildman–Crippen LogP) is 1.01. The number of furan rings is 1. The van der Waals surface area contributed by atoms with Gasteiger partial charge in [-0.25, -0.2) is 9.48 Å². The standard InChI is InChI=1S/C13H16N4O4/c1-8(2)6-14-10(18)7-17-12(9-4-3-5-21-9)11(13(19)20)15-16-17/h3-5,8H,6-7H2,1-2H3,(H,14,18)(H,19,20). The maximum Gasteiger partial charge on any atom is 0.358 e. The highest BCUT2D eigenvalue weighted by molar-refractivity contribution is 5.92. The average Bonchev–Trinajstić information content (AvgIpc) is 3.04. The summed E-state index contributed by atoms with van der Waals surface area (Å²) in [6.07, 6.45) is 1.41. The Labute approximate surface area is 120 Å². The van der Waals surface area contributed by atoms with Crippen LogP contribution in [-0.4, -0.2) is 38.5 Å². The number of carboxylic acid groups (broad SMARTS) is 1. The molecule has 0 aliphatic carbocycles. The Balaban J connectivity index is 2.24. The molecule has 21 heavy (non-hydrogen) atoms. The van der Waals surface area contributed by atoms with Crippen molar-refractivity contribution in [3.63, 3.8) is 0 Å². The molecule has 2 aromatic rings. The zero-order valence-corrected chi connectivity index (χ0v) is 11.7. The number of hydrogen-bond acceptors (Lipinski definition) is 5. The second kappa shape index (κ2) is 6.21. The highest BCUT2D eigenvalue weighted by Gasteiger charge is 2.23. The zero-order valence-electron chi connectivity index (χ0n) is 11.7. The summed E-state index contributed by atoms with van der Waals surface area (Å²) >= 11 is 0. The molecule has 2 aromatic heterocycles. The van der Waals surface area contributed by atoms with Crippen LogP contribution in [0.15, 0.2) is 22.8 Å². The van der Waals surface area contributed by atoms with Gasteiger partial charge in [0.2, 0.25) is 11.6 Å². The van der Waals surface area contributed by atoms with Crippen LogP contribution < -0.4 is 5.32 Å². The lowest BCUT2D eigenvalue weighted by atomic mass is 10.2. The highest BCUT2D eigenvalue weighted by atomic mass is 16.4. The molecule has 2 N–H and O–H groups in total. The number of nitrogens with one attached hydrogen (secondary N) is 1. The summed E-state index contributed by atoms with van der Waals surface area (Å²) in [5, 5.41) is 19.2. The first kappa shape index (κ1) is 14.8. The van der Waals surface area contributed by atoms with Gasteiger partial charge < -0.3 is 14.8 Å². The van der Waals surface area contributed by atoms with E-state index < -0.39 is 5.97 Å². The first-order chi connectivity index (χ1) is 9.99. The van der Waals surface area contributed by atoms with Gasteiger partial charge in [-0.1, -0.05) is 19.1 Å². The molecular formula is C13H16N4O4. The molecule has 8 heteroatoms. The average molecular weight is 292 g/mol. The number of carbonyl (C=O) groups is 2. The van der Waals surface area contributed by atoms with E-state index in [1.165, 1.54) is 10.9 Å². The Morgan fingerprint density at radius 1 is 1.48 bits per heavy atom. The van der Waals surface area contributed by atoms with E-state index in [-0.39, 0.29) is 23.8 Å². The number of aromatic nitrogens is 3. The molecule has 0 saturated carbocycles. The van der Waals surface area contributed by atoms with E-state index in [0.717, 1.165) is 0 Å². The molecule has 112 valence electrons. The summed E-state index contributed by atoms with van der Waals surface area (Å²) in [7, 11) is 0. The van der Waals surface area contributed by atoms with E-state index in [9.17, 15) is 9.59 Å². The molecule has 2 rings (SSSR count). The van der Waals surface area contributed by atoms with Crippen molar-refractivity contribution in [2.75, 3.05) is 6.54 Å². The lowest BCUT2D eigenvalue weighted by molar-refractivity contribution is -0.122. The Bertz CT molecular complexity index is 631. The summed E-state index contributed by atoms with van der Waals surface area (Å²) in [5.74, 6) is -0.869. The number of amides is 1. The van der Waals surface area contributed by atoms with Gasteiger partial charge in [0.25, 0.3) is 0 Å². The fourth-order valence-electron chi connectivity index (χ4n) is 1.73. The topological polar surface area (TPSA) is 110 Å². The zero-order chi connectivity index (χ0) is 15.4. The van der Waals surface area contributed by atoms with Crippen LogP contribution in [0.4, 0.5) is 0 Å². The van der Waals surface area contributed by atoms with Crippen molar-refractivity contribution in [3.8, 4) is 11.5 Å². The van der Waals surface area contributed by atoms with Gasteiger partial charge in [-0.15, -0.1) is 5.10 Å². The van der Waals surface area contributed by atoms with E-state index in [0.29, 0.717) is 18.2 Å². The predicted molar refractivity (Wildman–Crippen MR) is 72.5 cm³/mol. The van der Waals surface area contributed by atoms with Gasteiger partial charge in [-0.2, -0.15) is 0 Å². The second-order valence-electron chi connectivity index (χ2n) is 4.92. The van der Waals surface area contributed by atoms with Gasteiger partial charge in [0.15, 0.2) is 5.76 Å². The lowest BCUT2D eigenvalue weighted by Crippen LogP contribution is -2.31. The van der Waals surface area contributed by atoms with Crippen LogP contribution in [0.5, 0.6) is 0 Å². The van der Waals surface area contributed by atoms with Crippen molar-refractivity contribution < 1.29 is 19.1 Å². The van der Waals surface area contributed by atoms with Crippen molar-refractivity contribution >= 4 is 11.9 Å². The van der Waals surface area contributed by atoms with E-state index >= 15 is 0 Å². The van der Waals surface area contributed by atoms with Crippen LogP contribution in [0.25, 0.3) is 11.5 Å². The minimum atomic E-state index is -1.23. The first-order valence-corrected chi connectivity index (χ1v) is 6.46. The molecule has 0 aromatic carbocycles. The molecule has 0 fully saturated rings. The van der Waals surface area contributed by atoms with E-state index in [1.54, 1.807) is 12.1 Å². The molecule has 0 saturated heterocycles. The van der Waals surface area contributed by atoms with Gasteiger partial charge in [-0.3, -0.25) is 4.79 Å². The number of carbonyl (C=O) groups excluding carboxylic acids is 1. The van der Waals surface area contributed by atoms with Crippen molar-refractivity contribution in [2.24, 2.45) is 5.92 Å². The van der Waals surface area contributed by atoms with Gasteiger partial charge >= 0.3 is 5.97 Å².